The average Bonchev–Trinajstić information content (AvgIpc) is 2.95. The number of nitrogens with one attached hydrogen (secondary N) is 1. The number of ether oxygens (including phenoxy) is 3. The summed E-state index contributed by atoms with van der Waals surface area (Å²) in [6.45, 7) is 7.79. The third-order valence-corrected chi connectivity index (χ3v) is 6.84. The summed E-state index contributed by atoms with van der Waals surface area (Å²) in [6.07, 6.45) is 1.18. The minimum Gasteiger partial charge on any atom is -0.463 e. The van der Waals surface area contributed by atoms with Crippen molar-refractivity contribution in [3.05, 3.63) is 47.2 Å². The molecule has 198 valence electrons. The predicted octanol–water partition coefficient (Wildman–Crippen LogP) is 1.32. The highest BCUT2D eigenvalue weighted by Gasteiger charge is 2.30. The number of amides is 2. The van der Waals surface area contributed by atoms with E-state index in [2.05, 4.69) is 20.1 Å². The van der Waals surface area contributed by atoms with Gasteiger partial charge in [0.1, 0.15) is 18.1 Å². The minimum atomic E-state index is -0.322. The van der Waals surface area contributed by atoms with Gasteiger partial charge in [0.15, 0.2) is 0 Å². The van der Waals surface area contributed by atoms with Crippen LogP contribution in [-0.2, 0) is 22.5 Å². The quantitative estimate of drug-likeness (QED) is 0.526. The number of anilines is 1. The fraction of sp³-hybridized carbons (Fsp3) is 0.538. The molecule has 0 spiro atoms. The van der Waals surface area contributed by atoms with Gasteiger partial charge in [-0.3, -0.25) is 9.69 Å². The molecule has 3 aliphatic heterocycles. The first-order valence-corrected chi connectivity index (χ1v) is 13.0. The average molecular weight is 511 g/mol. The molecular weight excluding hydrogens is 476 g/mol. The summed E-state index contributed by atoms with van der Waals surface area (Å²) >= 11 is 0. The van der Waals surface area contributed by atoms with Gasteiger partial charge in [-0.05, 0) is 18.4 Å². The minimum absolute atomic E-state index is 0.203. The first-order chi connectivity index (χ1) is 18.2. The second-order valence-corrected chi connectivity index (χ2v) is 9.33. The van der Waals surface area contributed by atoms with Crippen LogP contribution in [0.25, 0.3) is 0 Å². The maximum Gasteiger partial charge on any atom is 0.410 e. The number of aromatic nitrogens is 2. The molecule has 5 rings (SSSR count). The molecule has 37 heavy (non-hydrogen) atoms. The molecule has 1 aromatic carbocycles. The highest BCUT2D eigenvalue weighted by molar-refractivity contribution is 5.96. The van der Waals surface area contributed by atoms with Gasteiger partial charge in [-0.2, -0.15) is 9.97 Å². The van der Waals surface area contributed by atoms with Crippen molar-refractivity contribution < 1.29 is 23.8 Å². The van der Waals surface area contributed by atoms with Gasteiger partial charge in [0.05, 0.1) is 19.8 Å². The van der Waals surface area contributed by atoms with Crippen molar-refractivity contribution in [1.29, 1.82) is 0 Å². The predicted molar refractivity (Wildman–Crippen MR) is 136 cm³/mol. The number of morpholine rings is 1. The van der Waals surface area contributed by atoms with Crippen LogP contribution in [0, 0.1) is 0 Å². The molecule has 0 unspecified atom stereocenters. The number of rotatable bonds is 8. The van der Waals surface area contributed by atoms with Crippen molar-refractivity contribution in [2.45, 2.75) is 19.4 Å². The Bertz CT molecular complexity index is 1070. The van der Waals surface area contributed by atoms with E-state index >= 15 is 0 Å². The second kappa shape index (κ2) is 12.2. The first-order valence-electron chi connectivity index (χ1n) is 13.0. The maximum absolute atomic E-state index is 12.6. The third kappa shape index (κ3) is 6.47. The number of hydrogen-bond donors (Lipinski definition) is 1. The van der Waals surface area contributed by atoms with E-state index in [1.54, 1.807) is 4.90 Å². The molecule has 3 aliphatic rings. The van der Waals surface area contributed by atoms with Gasteiger partial charge >= 0.3 is 12.1 Å². The van der Waals surface area contributed by atoms with Gasteiger partial charge in [-0.25, -0.2) is 4.79 Å². The van der Waals surface area contributed by atoms with Crippen molar-refractivity contribution in [2.75, 3.05) is 77.1 Å². The summed E-state index contributed by atoms with van der Waals surface area (Å²) in [7, 11) is 0. The van der Waals surface area contributed by atoms with Gasteiger partial charge in [-0.15, -0.1) is 0 Å². The second-order valence-electron chi connectivity index (χ2n) is 9.33. The lowest BCUT2D eigenvalue weighted by Crippen LogP contribution is -2.49. The van der Waals surface area contributed by atoms with Crippen molar-refractivity contribution >= 4 is 17.8 Å². The van der Waals surface area contributed by atoms with Gasteiger partial charge in [0, 0.05) is 57.9 Å². The fourth-order valence-electron chi connectivity index (χ4n) is 4.77. The van der Waals surface area contributed by atoms with Crippen molar-refractivity contribution in [2.24, 2.45) is 0 Å². The zero-order valence-electron chi connectivity index (χ0n) is 21.1. The lowest BCUT2D eigenvalue weighted by molar-refractivity contribution is 0.0356. The molecule has 4 heterocycles. The molecule has 2 fully saturated rings. The van der Waals surface area contributed by atoms with E-state index in [4.69, 9.17) is 19.2 Å². The van der Waals surface area contributed by atoms with Crippen molar-refractivity contribution in [1.82, 2.24) is 25.1 Å². The summed E-state index contributed by atoms with van der Waals surface area (Å²) < 4.78 is 16.8. The number of carbonyl (C=O) groups excluding carboxylic acids is 2. The molecule has 0 aliphatic carbocycles. The Kier molecular flexibility index (Phi) is 8.32. The van der Waals surface area contributed by atoms with Crippen LogP contribution in [0.5, 0.6) is 6.01 Å². The van der Waals surface area contributed by atoms with Gasteiger partial charge in [0.2, 0.25) is 0 Å². The van der Waals surface area contributed by atoms with Crippen LogP contribution < -0.4 is 15.0 Å². The van der Waals surface area contributed by atoms with Gasteiger partial charge in [-0.1, -0.05) is 30.3 Å². The van der Waals surface area contributed by atoms with E-state index < -0.39 is 0 Å². The summed E-state index contributed by atoms with van der Waals surface area (Å²) in [5.74, 6) is 0.520. The number of benzene rings is 1. The van der Waals surface area contributed by atoms with Crippen LogP contribution in [-0.4, -0.2) is 104 Å². The summed E-state index contributed by atoms with van der Waals surface area (Å²) in [5, 5.41) is 2.86. The Labute approximate surface area is 216 Å². The Morgan fingerprint density at radius 2 is 1.81 bits per heavy atom. The van der Waals surface area contributed by atoms with E-state index in [1.807, 2.05) is 30.3 Å². The summed E-state index contributed by atoms with van der Waals surface area (Å²) in [5.41, 5.74) is 2.17. The molecule has 2 saturated heterocycles. The lowest BCUT2D eigenvalue weighted by atomic mass is 10.1. The largest absolute Gasteiger partial charge is 0.463 e. The molecule has 11 heteroatoms. The van der Waals surface area contributed by atoms with Gasteiger partial charge < -0.3 is 29.3 Å². The Morgan fingerprint density at radius 3 is 2.59 bits per heavy atom. The normalized spacial score (nSPS) is 18.2. The van der Waals surface area contributed by atoms with E-state index in [-0.39, 0.29) is 24.6 Å². The standard InChI is InChI=1S/C26H34N6O5/c33-24-22-21(7-8-27-24)23(29-25(28-22)36-16-4-9-30-14-17-35-18-15-30)31-10-12-32(13-11-31)26(34)37-19-20-5-2-1-3-6-20/h1-3,5-6H,4,7-19H2,(H,27,33). The topological polar surface area (TPSA) is 109 Å². The first kappa shape index (κ1) is 25.2. The van der Waals surface area contributed by atoms with E-state index in [0.717, 1.165) is 56.2 Å². The molecule has 2 amide bonds. The molecule has 0 atom stereocenters. The SMILES string of the molecule is O=C1NCCc2c1nc(OCCCN1CCOCC1)nc2N1CCN(C(=O)OCc2ccccc2)CC1. The lowest BCUT2D eigenvalue weighted by Gasteiger charge is -2.36. The molecule has 2 aromatic rings. The number of hydrogen-bond acceptors (Lipinski definition) is 9. The molecular formula is C26H34N6O5. The zero-order valence-corrected chi connectivity index (χ0v) is 21.1. The number of fused-ring (bicyclic) bond motifs is 1. The molecule has 0 bridgehead atoms. The zero-order chi connectivity index (χ0) is 25.5. The van der Waals surface area contributed by atoms with Crippen LogP contribution in [0.1, 0.15) is 28.0 Å². The third-order valence-electron chi connectivity index (χ3n) is 6.84. The monoisotopic (exact) mass is 510 g/mol. The maximum atomic E-state index is 12.6. The molecule has 11 nitrogen and oxygen atoms in total. The Balaban J connectivity index is 1.19. The van der Waals surface area contributed by atoms with Crippen molar-refractivity contribution in [3.63, 3.8) is 0 Å². The Hall–Kier alpha value is -3.44. The van der Waals surface area contributed by atoms with Crippen LogP contribution in [0.3, 0.4) is 0 Å². The van der Waals surface area contributed by atoms with E-state index in [0.29, 0.717) is 51.4 Å². The summed E-state index contributed by atoms with van der Waals surface area (Å²) in [4.78, 5) is 40.5. The summed E-state index contributed by atoms with van der Waals surface area (Å²) in [6, 6.07) is 9.86. The fourth-order valence-corrected chi connectivity index (χ4v) is 4.77. The Morgan fingerprint density at radius 1 is 1.03 bits per heavy atom. The number of carbonyl (C=O) groups is 2. The van der Waals surface area contributed by atoms with Crippen LogP contribution in [0.4, 0.5) is 10.6 Å². The number of piperazine rings is 1. The molecule has 1 N–H and O–H groups in total. The molecule has 0 saturated carbocycles. The van der Waals surface area contributed by atoms with Crippen LogP contribution in [0.2, 0.25) is 0 Å². The smallest absolute Gasteiger partial charge is 0.410 e. The van der Waals surface area contributed by atoms with Crippen LogP contribution in [0.15, 0.2) is 30.3 Å². The van der Waals surface area contributed by atoms with Crippen LogP contribution >= 0.6 is 0 Å². The molecule has 0 radical (unpaired) electrons. The van der Waals surface area contributed by atoms with Gasteiger partial charge in [0.25, 0.3) is 5.91 Å². The highest BCUT2D eigenvalue weighted by atomic mass is 16.6. The highest BCUT2D eigenvalue weighted by Crippen LogP contribution is 2.27. The van der Waals surface area contributed by atoms with Crippen molar-refractivity contribution in [3.8, 4) is 6.01 Å². The molecule has 1 aromatic heterocycles. The number of nitrogens with zero attached hydrogens (tertiary/aromatic N) is 5. The van der Waals surface area contributed by atoms with E-state index in [1.165, 1.54) is 0 Å². The van der Waals surface area contributed by atoms with E-state index in [9.17, 15) is 9.59 Å².